The first-order valence-corrected chi connectivity index (χ1v) is 12.5. The topological polar surface area (TPSA) is 62.3 Å². The molecule has 31 heavy (non-hydrogen) atoms. The molecule has 0 saturated carbocycles. The molecule has 5 heteroatoms. The largest absolute Gasteiger partial charge is 0.356 e. The number of nitrogens with zero attached hydrogens (tertiary/aromatic N) is 2. The Bertz CT molecular complexity index is 592. The van der Waals surface area contributed by atoms with Gasteiger partial charge in [0.2, 0.25) is 11.8 Å². The van der Waals surface area contributed by atoms with Crippen LogP contribution in [0.1, 0.15) is 104 Å². The van der Waals surface area contributed by atoms with Gasteiger partial charge < -0.3 is 10.2 Å². The average Bonchev–Trinajstić information content (AvgIpc) is 2.78. The molecule has 0 saturated heterocycles. The van der Waals surface area contributed by atoms with Crippen molar-refractivity contribution in [1.29, 1.82) is 0 Å². The maximum Gasteiger partial charge on any atom is 0.222 e. The highest BCUT2D eigenvalue weighted by Gasteiger charge is 2.19. The zero-order valence-electron chi connectivity index (χ0n) is 20.2. The smallest absolute Gasteiger partial charge is 0.222 e. The predicted octanol–water partition coefficient (Wildman–Crippen LogP) is 5.68. The van der Waals surface area contributed by atoms with Crippen molar-refractivity contribution < 1.29 is 9.59 Å². The third kappa shape index (κ3) is 13.2. The molecule has 0 bridgehead atoms. The van der Waals surface area contributed by atoms with Gasteiger partial charge in [0, 0.05) is 50.3 Å². The molecule has 5 nitrogen and oxygen atoms in total. The van der Waals surface area contributed by atoms with E-state index in [9.17, 15) is 9.59 Å². The Balaban J connectivity index is 2.23. The first kappa shape index (κ1) is 27.1. The van der Waals surface area contributed by atoms with Crippen LogP contribution in [0.15, 0.2) is 24.4 Å². The molecule has 1 rings (SSSR count). The fourth-order valence-corrected chi connectivity index (χ4v) is 3.73. The van der Waals surface area contributed by atoms with Crippen LogP contribution in [0.4, 0.5) is 0 Å². The van der Waals surface area contributed by atoms with Gasteiger partial charge in [0.1, 0.15) is 0 Å². The van der Waals surface area contributed by atoms with Crippen molar-refractivity contribution in [3.8, 4) is 0 Å². The average molecular weight is 432 g/mol. The van der Waals surface area contributed by atoms with Crippen LogP contribution in [-0.2, 0) is 16.0 Å². The number of unbranched alkanes of at least 4 members (excludes halogenated alkanes) is 8. The van der Waals surface area contributed by atoms with E-state index in [1.54, 1.807) is 6.20 Å². The van der Waals surface area contributed by atoms with Gasteiger partial charge in [-0.15, -0.1) is 0 Å². The van der Waals surface area contributed by atoms with Gasteiger partial charge in [0.05, 0.1) is 0 Å². The first-order valence-electron chi connectivity index (χ1n) is 12.5. The first-order chi connectivity index (χ1) is 15.1. The number of aromatic nitrogens is 1. The molecule has 0 aliphatic rings. The minimum absolute atomic E-state index is 0.0000992. The maximum atomic E-state index is 12.7. The van der Waals surface area contributed by atoms with Crippen molar-refractivity contribution in [2.24, 2.45) is 0 Å². The van der Waals surface area contributed by atoms with E-state index < -0.39 is 0 Å². The molecule has 0 radical (unpaired) electrons. The van der Waals surface area contributed by atoms with Crippen LogP contribution in [-0.4, -0.2) is 40.8 Å². The van der Waals surface area contributed by atoms with Gasteiger partial charge in [-0.3, -0.25) is 14.6 Å². The molecule has 1 aromatic rings. The Morgan fingerprint density at radius 3 is 2.26 bits per heavy atom. The summed E-state index contributed by atoms with van der Waals surface area (Å²) in [4.78, 5) is 31.1. The number of nitrogens with one attached hydrogen (secondary N) is 1. The highest BCUT2D eigenvalue weighted by molar-refractivity contribution is 5.79. The summed E-state index contributed by atoms with van der Waals surface area (Å²) in [6.45, 7) is 7.49. The maximum absolute atomic E-state index is 12.7. The molecule has 1 heterocycles. The summed E-state index contributed by atoms with van der Waals surface area (Å²) in [6.07, 6.45) is 15.6. The quantitative estimate of drug-likeness (QED) is 0.304. The summed E-state index contributed by atoms with van der Waals surface area (Å²) < 4.78 is 0. The van der Waals surface area contributed by atoms with Gasteiger partial charge in [-0.05, 0) is 31.9 Å². The molecule has 0 aromatic carbocycles. The minimum Gasteiger partial charge on any atom is -0.356 e. The number of pyridine rings is 1. The van der Waals surface area contributed by atoms with Gasteiger partial charge >= 0.3 is 0 Å². The van der Waals surface area contributed by atoms with Gasteiger partial charge in [0.25, 0.3) is 0 Å². The fourth-order valence-electron chi connectivity index (χ4n) is 3.73. The Morgan fingerprint density at radius 1 is 0.968 bits per heavy atom. The minimum atomic E-state index is 0.0000992. The van der Waals surface area contributed by atoms with Gasteiger partial charge in [-0.25, -0.2) is 0 Å². The van der Waals surface area contributed by atoms with Crippen LogP contribution < -0.4 is 5.32 Å². The normalized spacial score (nSPS) is 11.8. The van der Waals surface area contributed by atoms with Crippen LogP contribution in [0.2, 0.25) is 0 Å². The van der Waals surface area contributed by atoms with Crippen molar-refractivity contribution in [3.05, 3.63) is 30.1 Å². The zero-order chi connectivity index (χ0) is 22.7. The summed E-state index contributed by atoms with van der Waals surface area (Å²) in [5.41, 5.74) is 0.972. The number of amides is 2. The van der Waals surface area contributed by atoms with Gasteiger partial charge in [0.15, 0.2) is 0 Å². The van der Waals surface area contributed by atoms with Crippen LogP contribution in [0.5, 0.6) is 0 Å². The summed E-state index contributed by atoms with van der Waals surface area (Å²) in [5.74, 6) is 0.193. The molecule has 0 aliphatic heterocycles. The van der Waals surface area contributed by atoms with E-state index in [0.717, 1.165) is 31.4 Å². The van der Waals surface area contributed by atoms with Crippen LogP contribution in [0.3, 0.4) is 0 Å². The highest BCUT2D eigenvalue weighted by atomic mass is 16.2. The van der Waals surface area contributed by atoms with Gasteiger partial charge in [-0.2, -0.15) is 0 Å². The van der Waals surface area contributed by atoms with E-state index in [-0.39, 0.29) is 17.9 Å². The van der Waals surface area contributed by atoms with E-state index in [0.29, 0.717) is 25.9 Å². The molecule has 0 aliphatic carbocycles. The van der Waals surface area contributed by atoms with Crippen molar-refractivity contribution in [1.82, 2.24) is 15.2 Å². The lowest BCUT2D eigenvalue weighted by Crippen LogP contribution is -2.41. The van der Waals surface area contributed by atoms with Crippen LogP contribution in [0, 0.1) is 0 Å². The highest BCUT2D eigenvalue weighted by Crippen LogP contribution is 2.13. The second-order valence-electron chi connectivity index (χ2n) is 8.59. The predicted molar refractivity (Wildman–Crippen MR) is 129 cm³/mol. The second-order valence-corrected chi connectivity index (χ2v) is 8.59. The van der Waals surface area contributed by atoms with E-state index in [1.807, 2.05) is 23.1 Å². The number of hydrogen-bond donors (Lipinski definition) is 1. The molecule has 176 valence electrons. The number of hydrogen-bond acceptors (Lipinski definition) is 3. The van der Waals surface area contributed by atoms with Crippen molar-refractivity contribution in [2.45, 2.75) is 110 Å². The summed E-state index contributed by atoms with van der Waals surface area (Å²) in [5, 5.41) is 2.95. The van der Waals surface area contributed by atoms with E-state index >= 15 is 0 Å². The van der Waals surface area contributed by atoms with Crippen LogP contribution >= 0.6 is 0 Å². The third-order valence-corrected chi connectivity index (χ3v) is 5.95. The molecule has 0 spiro atoms. The molecule has 1 N–H and O–H groups in total. The SMILES string of the molecule is CCCCCCCCCCCC(=O)N(CCC(=O)NCCc1ccccn1)C(C)CC. The standard InChI is InChI=1S/C26H45N3O2/c1-4-6-7-8-9-10-11-12-13-17-26(31)29(23(3)5-2)22-19-25(30)28-21-18-24-16-14-15-20-27-24/h14-16,20,23H,4-13,17-19,21-22H2,1-3H3,(H,28,30). The van der Waals surface area contributed by atoms with Crippen molar-refractivity contribution in [3.63, 3.8) is 0 Å². The molecule has 1 aromatic heterocycles. The molecule has 1 atom stereocenters. The van der Waals surface area contributed by atoms with Crippen LogP contribution in [0.25, 0.3) is 0 Å². The fraction of sp³-hybridized carbons (Fsp3) is 0.731. The number of rotatable bonds is 18. The Hall–Kier alpha value is -1.91. The van der Waals surface area contributed by atoms with Gasteiger partial charge in [-0.1, -0.05) is 71.3 Å². The molecule has 2 amide bonds. The van der Waals surface area contributed by atoms with Crippen molar-refractivity contribution >= 4 is 11.8 Å². The molecule has 1 unspecified atom stereocenters. The van der Waals surface area contributed by atoms with E-state index in [4.69, 9.17) is 0 Å². The zero-order valence-corrected chi connectivity index (χ0v) is 20.2. The Labute approximate surface area is 190 Å². The Kier molecular flexibility index (Phi) is 15.5. The number of carbonyl (C=O) groups excluding carboxylic acids is 2. The molecular formula is C26H45N3O2. The molecule has 0 fully saturated rings. The lowest BCUT2D eigenvalue weighted by atomic mass is 10.1. The van der Waals surface area contributed by atoms with E-state index in [1.165, 1.54) is 44.9 Å². The van der Waals surface area contributed by atoms with Crippen molar-refractivity contribution in [2.75, 3.05) is 13.1 Å². The number of carbonyl (C=O) groups is 2. The Morgan fingerprint density at radius 2 is 1.65 bits per heavy atom. The molecular weight excluding hydrogens is 386 g/mol. The lowest BCUT2D eigenvalue weighted by molar-refractivity contribution is -0.134. The second kappa shape index (κ2) is 17.7. The summed E-state index contributed by atoms with van der Waals surface area (Å²) in [6, 6.07) is 5.97. The monoisotopic (exact) mass is 431 g/mol. The van der Waals surface area contributed by atoms with E-state index in [2.05, 4.69) is 31.1 Å². The lowest BCUT2D eigenvalue weighted by Gasteiger charge is -2.28. The summed E-state index contributed by atoms with van der Waals surface area (Å²) in [7, 11) is 0. The third-order valence-electron chi connectivity index (χ3n) is 5.95. The summed E-state index contributed by atoms with van der Waals surface area (Å²) >= 11 is 0.